The molecule has 2 aromatic rings. The van der Waals surface area contributed by atoms with Crippen molar-refractivity contribution in [3.8, 4) is 0 Å². The maximum atomic E-state index is 12.4. The number of rotatable bonds is 5. The summed E-state index contributed by atoms with van der Waals surface area (Å²) in [5.41, 5.74) is 5.93. The van der Waals surface area contributed by atoms with Crippen LogP contribution < -0.4 is 10.6 Å². The minimum atomic E-state index is -0.968. The summed E-state index contributed by atoms with van der Waals surface area (Å²) in [5, 5.41) is 14.6. The third-order valence-electron chi connectivity index (χ3n) is 5.53. The minimum Gasteiger partial charge on any atom is -0.478 e. The molecule has 2 aliphatic rings. The van der Waals surface area contributed by atoms with E-state index in [1.54, 1.807) is 24.3 Å². The van der Waals surface area contributed by atoms with Gasteiger partial charge < -0.3 is 10.4 Å². The largest absolute Gasteiger partial charge is 0.478 e. The lowest BCUT2D eigenvalue weighted by Gasteiger charge is -2.30. The van der Waals surface area contributed by atoms with Gasteiger partial charge >= 0.3 is 5.97 Å². The van der Waals surface area contributed by atoms with Gasteiger partial charge in [0.1, 0.15) is 5.71 Å². The lowest BCUT2D eigenvalue weighted by molar-refractivity contribution is -0.124. The van der Waals surface area contributed by atoms with Crippen LogP contribution in [0.1, 0.15) is 39.4 Å². The first-order valence-electron chi connectivity index (χ1n) is 9.68. The molecular formula is C23H21N3O4. The van der Waals surface area contributed by atoms with Crippen LogP contribution in [0.2, 0.25) is 0 Å². The van der Waals surface area contributed by atoms with Crippen molar-refractivity contribution in [2.24, 2.45) is 4.99 Å². The molecule has 1 unspecified atom stereocenters. The number of hydrogen-bond acceptors (Lipinski definition) is 5. The Morgan fingerprint density at radius 3 is 2.53 bits per heavy atom. The molecular weight excluding hydrogens is 382 g/mol. The molecule has 0 saturated carbocycles. The van der Waals surface area contributed by atoms with E-state index in [0.29, 0.717) is 24.3 Å². The molecule has 1 atom stereocenters. The van der Waals surface area contributed by atoms with E-state index in [1.807, 2.05) is 19.9 Å². The number of carboxylic acids is 1. The molecule has 0 spiro atoms. The van der Waals surface area contributed by atoms with Gasteiger partial charge in [-0.2, -0.15) is 0 Å². The monoisotopic (exact) mass is 403 g/mol. The number of carbonyl (C=O) groups is 3. The molecule has 0 saturated heterocycles. The first-order valence-corrected chi connectivity index (χ1v) is 9.68. The molecule has 3 N–H and O–H groups in total. The number of aromatic carboxylic acids is 1. The van der Waals surface area contributed by atoms with Gasteiger partial charge in [0, 0.05) is 24.2 Å². The Hall–Kier alpha value is -3.74. The summed E-state index contributed by atoms with van der Waals surface area (Å²) in [6.07, 6.45) is 2.10. The van der Waals surface area contributed by atoms with E-state index >= 15 is 0 Å². The zero-order chi connectivity index (χ0) is 21.4. The predicted molar refractivity (Wildman–Crippen MR) is 113 cm³/mol. The molecule has 0 bridgehead atoms. The second-order valence-electron chi connectivity index (χ2n) is 7.52. The summed E-state index contributed by atoms with van der Waals surface area (Å²) >= 11 is 0. The van der Waals surface area contributed by atoms with Crippen LogP contribution in [-0.4, -0.2) is 35.1 Å². The first kappa shape index (κ1) is 19.6. The maximum absolute atomic E-state index is 12.4. The number of nitrogens with one attached hydrogen (secondary N) is 2. The molecule has 0 aromatic heterocycles. The molecule has 7 heteroatoms. The Morgan fingerprint density at radius 2 is 1.83 bits per heavy atom. The lowest BCUT2D eigenvalue weighted by atomic mass is 9.80. The number of benzene rings is 2. The van der Waals surface area contributed by atoms with Crippen LogP contribution in [0.3, 0.4) is 0 Å². The molecule has 0 radical (unpaired) electrons. The molecule has 4 rings (SSSR count). The zero-order valence-electron chi connectivity index (χ0n) is 16.7. The highest BCUT2D eigenvalue weighted by Crippen LogP contribution is 2.42. The number of imide groups is 1. The summed E-state index contributed by atoms with van der Waals surface area (Å²) in [7, 11) is 0. The van der Waals surface area contributed by atoms with E-state index in [4.69, 9.17) is 5.11 Å². The summed E-state index contributed by atoms with van der Waals surface area (Å²) < 4.78 is 0. The van der Waals surface area contributed by atoms with Crippen LogP contribution in [0.15, 0.2) is 53.0 Å². The van der Waals surface area contributed by atoms with Gasteiger partial charge in [-0.15, -0.1) is 0 Å². The van der Waals surface area contributed by atoms with Crippen LogP contribution in [0.5, 0.6) is 0 Å². The fourth-order valence-electron chi connectivity index (χ4n) is 3.82. The van der Waals surface area contributed by atoms with Gasteiger partial charge in [-0.3, -0.25) is 14.9 Å². The quantitative estimate of drug-likeness (QED) is 0.664. The summed E-state index contributed by atoms with van der Waals surface area (Å²) in [6.45, 7) is 4.61. The Labute approximate surface area is 173 Å². The molecule has 152 valence electrons. The van der Waals surface area contributed by atoms with Crippen molar-refractivity contribution in [2.45, 2.75) is 26.2 Å². The maximum Gasteiger partial charge on any atom is 0.335 e. The van der Waals surface area contributed by atoms with Crippen molar-refractivity contribution in [2.75, 3.05) is 11.9 Å². The predicted octanol–water partition coefficient (Wildman–Crippen LogP) is 3.26. The summed E-state index contributed by atoms with van der Waals surface area (Å²) in [4.78, 5) is 39.8. The van der Waals surface area contributed by atoms with Gasteiger partial charge in [0.05, 0.1) is 11.3 Å². The SMILES string of the molecule is Cc1cc2c(cc1C)C(CCNc1ccc(C(=O)O)cc1)C1=CC(=O)NC(=O)C1=N2. The fourth-order valence-corrected chi connectivity index (χ4v) is 3.82. The van der Waals surface area contributed by atoms with E-state index < -0.39 is 17.8 Å². The van der Waals surface area contributed by atoms with Crippen LogP contribution in [0, 0.1) is 13.8 Å². The highest BCUT2D eigenvalue weighted by Gasteiger charge is 2.35. The number of aryl methyl sites for hydroxylation is 2. The molecule has 30 heavy (non-hydrogen) atoms. The van der Waals surface area contributed by atoms with Crippen molar-refractivity contribution in [3.05, 3.63) is 70.3 Å². The highest BCUT2D eigenvalue weighted by atomic mass is 16.4. The van der Waals surface area contributed by atoms with E-state index in [1.165, 1.54) is 6.08 Å². The van der Waals surface area contributed by atoms with Crippen LogP contribution in [0.4, 0.5) is 11.4 Å². The van der Waals surface area contributed by atoms with Gasteiger partial charge in [0.25, 0.3) is 11.8 Å². The third kappa shape index (κ3) is 3.61. The van der Waals surface area contributed by atoms with Gasteiger partial charge in [0.15, 0.2) is 0 Å². The normalized spacial score (nSPS) is 17.3. The number of amides is 2. The number of anilines is 1. The Kier molecular flexibility index (Phi) is 4.95. The zero-order valence-corrected chi connectivity index (χ0v) is 16.7. The molecule has 2 amide bonds. The van der Waals surface area contributed by atoms with Crippen LogP contribution >= 0.6 is 0 Å². The Bertz CT molecular complexity index is 1130. The Balaban J connectivity index is 1.61. The van der Waals surface area contributed by atoms with Crippen molar-refractivity contribution in [1.29, 1.82) is 0 Å². The van der Waals surface area contributed by atoms with E-state index in [9.17, 15) is 14.4 Å². The highest BCUT2D eigenvalue weighted by molar-refractivity contribution is 6.51. The van der Waals surface area contributed by atoms with Crippen LogP contribution in [-0.2, 0) is 9.59 Å². The number of hydrogen-bond donors (Lipinski definition) is 3. The summed E-state index contributed by atoms with van der Waals surface area (Å²) in [6, 6.07) is 10.6. The third-order valence-corrected chi connectivity index (χ3v) is 5.53. The van der Waals surface area contributed by atoms with Gasteiger partial charge in [-0.25, -0.2) is 9.79 Å². The van der Waals surface area contributed by atoms with Crippen molar-refractivity contribution < 1.29 is 19.5 Å². The number of aliphatic imine (C=N–C) groups is 1. The second-order valence-corrected chi connectivity index (χ2v) is 7.52. The van der Waals surface area contributed by atoms with Crippen molar-refractivity contribution in [1.82, 2.24) is 5.32 Å². The Morgan fingerprint density at radius 1 is 1.13 bits per heavy atom. The smallest absolute Gasteiger partial charge is 0.335 e. The van der Waals surface area contributed by atoms with E-state index in [2.05, 4.69) is 21.7 Å². The van der Waals surface area contributed by atoms with Gasteiger partial charge in [0.2, 0.25) is 0 Å². The van der Waals surface area contributed by atoms with Crippen molar-refractivity contribution in [3.63, 3.8) is 0 Å². The van der Waals surface area contributed by atoms with E-state index in [-0.39, 0.29) is 11.5 Å². The molecule has 0 fully saturated rings. The average Bonchev–Trinajstić information content (AvgIpc) is 2.70. The first-order chi connectivity index (χ1) is 14.3. The number of carbonyl (C=O) groups excluding carboxylic acids is 2. The fraction of sp³-hybridized carbons (Fsp3) is 0.217. The molecule has 7 nitrogen and oxygen atoms in total. The average molecular weight is 403 g/mol. The molecule has 2 aliphatic heterocycles. The molecule has 2 heterocycles. The number of fused-ring (bicyclic) bond motifs is 2. The second kappa shape index (κ2) is 7.59. The minimum absolute atomic E-state index is 0.146. The van der Waals surface area contributed by atoms with Gasteiger partial charge in [-0.05, 0) is 72.9 Å². The van der Waals surface area contributed by atoms with E-state index in [0.717, 1.165) is 28.1 Å². The topological polar surface area (TPSA) is 108 Å². The standard InChI is InChI=1S/C23H21N3O4/c1-12-9-17-16(7-8-24-15-5-3-14(4-6-15)23(29)30)18-11-20(27)26-22(28)21(18)25-19(17)10-13(12)2/h3-6,9-11,16,24H,7-8H2,1-2H3,(H,29,30)(H,26,27,28). The van der Waals surface area contributed by atoms with Crippen LogP contribution in [0.25, 0.3) is 0 Å². The summed E-state index contributed by atoms with van der Waals surface area (Å²) in [5.74, 6) is -2.01. The van der Waals surface area contributed by atoms with Crippen molar-refractivity contribution >= 4 is 34.9 Å². The lowest BCUT2D eigenvalue weighted by Crippen LogP contribution is -2.42. The number of carboxylic acid groups (broad SMARTS) is 1. The van der Waals surface area contributed by atoms with Gasteiger partial charge in [-0.1, -0.05) is 6.07 Å². The molecule has 0 aliphatic carbocycles. The number of nitrogens with zero attached hydrogens (tertiary/aromatic N) is 1. The molecule has 2 aromatic carbocycles.